The van der Waals surface area contributed by atoms with Gasteiger partial charge >= 0.3 is 11.8 Å². The van der Waals surface area contributed by atoms with Crippen LogP contribution in [0.1, 0.15) is 31.4 Å². The van der Waals surface area contributed by atoms with Crippen molar-refractivity contribution >= 4 is 45.6 Å². The summed E-state index contributed by atoms with van der Waals surface area (Å²) in [7, 11) is 0. The van der Waals surface area contributed by atoms with Crippen molar-refractivity contribution < 1.29 is 14.3 Å². The van der Waals surface area contributed by atoms with Crippen LogP contribution >= 0.6 is 27.5 Å². The second-order valence-corrected chi connectivity index (χ2v) is 7.31. The van der Waals surface area contributed by atoms with Crippen LogP contribution in [0.25, 0.3) is 0 Å². The average molecular weight is 467 g/mol. The molecule has 2 amide bonds. The van der Waals surface area contributed by atoms with Crippen LogP contribution in [0, 0.1) is 0 Å². The van der Waals surface area contributed by atoms with Gasteiger partial charge in [-0.25, -0.2) is 5.43 Å². The number of hydrogen-bond donors (Lipinski definition) is 2. The molecule has 0 saturated heterocycles. The molecule has 0 aliphatic heterocycles. The van der Waals surface area contributed by atoms with Crippen LogP contribution < -0.4 is 15.5 Å². The molecule has 0 bridgehead atoms. The molecule has 2 rings (SSSR count). The molecular weight excluding hydrogens is 446 g/mol. The Bertz CT molecular complexity index is 874. The summed E-state index contributed by atoms with van der Waals surface area (Å²) >= 11 is 9.57. The van der Waals surface area contributed by atoms with E-state index in [4.69, 9.17) is 16.3 Å². The van der Waals surface area contributed by atoms with E-state index < -0.39 is 11.8 Å². The molecular formula is C20H21BrClN3O3. The Labute approximate surface area is 177 Å². The monoisotopic (exact) mass is 465 g/mol. The number of rotatable bonds is 7. The lowest BCUT2D eigenvalue weighted by Gasteiger charge is -2.10. The normalized spacial score (nSPS) is 11.9. The Kier molecular flexibility index (Phi) is 8.47. The van der Waals surface area contributed by atoms with Crippen molar-refractivity contribution in [3.63, 3.8) is 0 Å². The van der Waals surface area contributed by atoms with Gasteiger partial charge in [0, 0.05) is 16.6 Å². The molecule has 0 aromatic heterocycles. The zero-order chi connectivity index (χ0) is 20.5. The second-order valence-electron chi connectivity index (χ2n) is 6.05. The molecule has 1 atom stereocenters. The number of carbonyl (C=O) groups is 2. The zero-order valence-electron chi connectivity index (χ0n) is 15.5. The van der Waals surface area contributed by atoms with Crippen molar-refractivity contribution in [1.82, 2.24) is 10.7 Å². The lowest BCUT2D eigenvalue weighted by molar-refractivity contribution is -0.139. The molecule has 2 N–H and O–H groups in total. The summed E-state index contributed by atoms with van der Waals surface area (Å²) < 4.78 is 6.51. The second kappa shape index (κ2) is 10.8. The average Bonchev–Trinajstić information content (AvgIpc) is 2.68. The Morgan fingerprint density at radius 1 is 1.25 bits per heavy atom. The summed E-state index contributed by atoms with van der Waals surface area (Å²) in [6.45, 7) is 4.08. The van der Waals surface area contributed by atoms with Crippen LogP contribution in [0.5, 0.6) is 5.75 Å². The van der Waals surface area contributed by atoms with E-state index in [9.17, 15) is 9.59 Å². The molecule has 6 nitrogen and oxygen atoms in total. The van der Waals surface area contributed by atoms with Gasteiger partial charge in [-0.3, -0.25) is 9.59 Å². The number of hydrazone groups is 1. The van der Waals surface area contributed by atoms with E-state index in [1.165, 1.54) is 6.21 Å². The highest BCUT2D eigenvalue weighted by Crippen LogP contribution is 2.27. The van der Waals surface area contributed by atoms with Crippen LogP contribution in [-0.4, -0.2) is 24.1 Å². The summed E-state index contributed by atoms with van der Waals surface area (Å²) in [6.07, 6.45) is 2.18. The summed E-state index contributed by atoms with van der Waals surface area (Å²) in [5.74, 6) is -0.875. The molecule has 8 heteroatoms. The molecule has 2 aromatic rings. The standard InChI is InChI=1S/C20H21BrClN3O3/c1-3-13(2)24-19(26)20(27)25-23-11-14-8-9-18(16(21)10-14)28-12-15-6-4-5-7-17(15)22/h4-11,13H,3,12H2,1-2H3,(H,24,26)(H,25,27)/b23-11-/t13-/m0/s1. The maximum Gasteiger partial charge on any atom is 0.329 e. The minimum absolute atomic E-state index is 0.0727. The first-order valence-corrected chi connectivity index (χ1v) is 9.87. The fourth-order valence-electron chi connectivity index (χ4n) is 2.09. The van der Waals surface area contributed by atoms with Gasteiger partial charge in [0.2, 0.25) is 0 Å². The lowest BCUT2D eigenvalue weighted by atomic mass is 10.2. The minimum atomic E-state index is -0.810. The van der Waals surface area contributed by atoms with Gasteiger partial charge < -0.3 is 10.1 Å². The molecule has 0 radical (unpaired) electrons. The number of halogens is 2. The van der Waals surface area contributed by atoms with E-state index in [1.807, 2.05) is 38.1 Å². The molecule has 0 aliphatic rings. The highest BCUT2D eigenvalue weighted by atomic mass is 79.9. The molecule has 148 valence electrons. The largest absolute Gasteiger partial charge is 0.488 e. The molecule has 0 aliphatic carbocycles. The Morgan fingerprint density at radius 2 is 2.00 bits per heavy atom. The van der Waals surface area contributed by atoms with Crippen LogP contribution in [-0.2, 0) is 16.2 Å². The van der Waals surface area contributed by atoms with Crippen LogP contribution in [0.4, 0.5) is 0 Å². The highest BCUT2D eigenvalue weighted by Gasteiger charge is 2.14. The first-order chi connectivity index (χ1) is 13.4. The van der Waals surface area contributed by atoms with E-state index in [0.29, 0.717) is 17.4 Å². The topological polar surface area (TPSA) is 79.8 Å². The minimum Gasteiger partial charge on any atom is -0.488 e. The third kappa shape index (κ3) is 6.65. The van der Waals surface area contributed by atoms with E-state index in [-0.39, 0.29) is 6.04 Å². The maximum absolute atomic E-state index is 11.7. The van der Waals surface area contributed by atoms with Gasteiger partial charge in [-0.1, -0.05) is 36.7 Å². The SMILES string of the molecule is CC[C@H](C)NC(=O)C(=O)N/N=C\c1ccc(OCc2ccccc2Cl)c(Br)c1. The summed E-state index contributed by atoms with van der Waals surface area (Å²) in [6, 6.07) is 12.7. The Balaban J connectivity index is 1.91. The van der Waals surface area contributed by atoms with E-state index in [1.54, 1.807) is 18.2 Å². The lowest BCUT2D eigenvalue weighted by Crippen LogP contribution is -2.41. The fourth-order valence-corrected chi connectivity index (χ4v) is 2.79. The predicted octanol–water partition coefficient (Wildman–Crippen LogP) is 4.05. The number of hydrogen-bond acceptors (Lipinski definition) is 4. The van der Waals surface area contributed by atoms with Crippen molar-refractivity contribution in [3.8, 4) is 5.75 Å². The molecule has 0 unspecified atom stereocenters. The quantitative estimate of drug-likeness (QED) is 0.367. The highest BCUT2D eigenvalue weighted by molar-refractivity contribution is 9.10. The summed E-state index contributed by atoms with van der Waals surface area (Å²) in [5.41, 5.74) is 3.82. The van der Waals surface area contributed by atoms with Crippen molar-refractivity contribution in [2.24, 2.45) is 5.10 Å². The van der Waals surface area contributed by atoms with Crippen molar-refractivity contribution in [1.29, 1.82) is 0 Å². The summed E-state index contributed by atoms with van der Waals surface area (Å²) in [5, 5.41) is 7.02. The van der Waals surface area contributed by atoms with Crippen LogP contribution in [0.3, 0.4) is 0 Å². The van der Waals surface area contributed by atoms with Crippen LogP contribution in [0.15, 0.2) is 52.0 Å². The predicted molar refractivity (Wildman–Crippen MR) is 114 cm³/mol. The van der Waals surface area contributed by atoms with Crippen molar-refractivity contribution in [2.45, 2.75) is 32.9 Å². The zero-order valence-corrected chi connectivity index (χ0v) is 17.9. The number of carbonyl (C=O) groups excluding carboxylic acids is 2. The third-order valence-corrected chi connectivity index (χ3v) is 4.86. The van der Waals surface area contributed by atoms with Crippen molar-refractivity contribution in [2.75, 3.05) is 0 Å². The number of nitrogens with one attached hydrogen (secondary N) is 2. The van der Waals surface area contributed by atoms with Gasteiger partial charge in [0.1, 0.15) is 12.4 Å². The Morgan fingerprint density at radius 3 is 2.68 bits per heavy atom. The molecule has 28 heavy (non-hydrogen) atoms. The molecule has 0 spiro atoms. The number of amides is 2. The van der Waals surface area contributed by atoms with E-state index in [0.717, 1.165) is 22.0 Å². The van der Waals surface area contributed by atoms with Gasteiger partial charge in [-0.05, 0) is 59.1 Å². The van der Waals surface area contributed by atoms with Crippen LogP contribution in [0.2, 0.25) is 5.02 Å². The van der Waals surface area contributed by atoms with E-state index >= 15 is 0 Å². The van der Waals surface area contributed by atoms with Gasteiger partial charge in [0.25, 0.3) is 0 Å². The van der Waals surface area contributed by atoms with Gasteiger partial charge in [0.15, 0.2) is 0 Å². The van der Waals surface area contributed by atoms with E-state index in [2.05, 4.69) is 31.8 Å². The first kappa shape index (κ1) is 21.9. The number of benzene rings is 2. The van der Waals surface area contributed by atoms with Gasteiger partial charge in [-0.2, -0.15) is 5.10 Å². The Hall–Kier alpha value is -2.38. The number of nitrogens with zero attached hydrogens (tertiary/aromatic N) is 1. The molecule has 0 saturated carbocycles. The van der Waals surface area contributed by atoms with Gasteiger partial charge in [-0.15, -0.1) is 0 Å². The maximum atomic E-state index is 11.7. The smallest absolute Gasteiger partial charge is 0.329 e. The van der Waals surface area contributed by atoms with Gasteiger partial charge in [0.05, 0.1) is 10.7 Å². The van der Waals surface area contributed by atoms with Crippen molar-refractivity contribution in [3.05, 3.63) is 63.1 Å². The fraction of sp³-hybridized carbons (Fsp3) is 0.250. The molecule has 0 fully saturated rings. The summed E-state index contributed by atoms with van der Waals surface area (Å²) in [4.78, 5) is 23.3. The third-order valence-electron chi connectivity index (χ3n) is 3.87. The first-order valence-electron chi connectivity index (χ1n) is 8.70. The molecule has 2 aromatic carbocycles. The molecule has 0 heterocycles. The number of ether oxygens (including phenoxy) is 1.